The zero-order valence-electron chi connectivity index (χ0n) is 14.6. The number of benzene rings is 1. The largest absolute Gasteiger partial charge is 0.354 e. The Balaban J connectivity index is 1.60. The number of hydrogen-bond donors (Lipinski definition) is 2. The standard InChI is InChI=1S/C19H25N5O/c1-23-9-11-24(12-10-23)18-13-16(7-8-21-18)19(25)22-14-17(20)15-5-3-2-4-6-15/h2-8,13,17H,9-12,14,20H2,1H3,(H,22,25). The average molecular weight is 339 g/mol. The molecule has 1 aromatic heterocycles. The number of nitrogens with one attached hydrogen (secondary N) is 1. The van der Waals surface area contributed by atoms with Crippen molar-refractivity contribution in [3.63, 3.8) is 0 Å². The number of amides is 1. The zero-order valence-corrected chi connectivity index (χ0v) is 14.6. The summed E-state index contributed by atoms with van der Waals surface area (Å²) < 4.78 is 0. The van der Waals surface area contributed by atoms with Crippen LogP contribution in [-0.4, -0.2) is 55.6 Å². The number of likely N-dealkylation sites (N-methyl/N-ethyl adjacent to an activating group) is 1. The lowest BCUT2D eigenvalue weighted by Crippen LogP contribution is -2.44. The topological polar surface area (TPSA) is 74.5 Å². The highest BCUT2D eigenvalue weighted by Gasteiger charge is 2.17. The molecule has 1 aliphatic heterocycles. The monoisotopic (exact) mass is 339 g/mol. The lowest BCUT2D eigenvalue weighted by Gasteiger charge is -2.33. The van der Waals surface area contributed by atoms with Crippen molar-refractivity contribution in [1.82, 2.24) is 15.2 Å². The van der Waals surface area contributed by atoms with Gasteiger partial charge in [0.25, 0.3) is 5.91 Å². The molecule has 1 atom stereocenters. The van der Waals surface area contributed by atoms with Crippen molar-refractivity contribution in [3.8, 4) is 0 Å². The molecule has 25 heavy (non-hydrogen) atoms. The van der Waals surface area contributed by atoms with Crippen LogP contribution in [0.4, 0.5) is 5.82 Å². The van der Waals surface area contributed by atoms with Gasteiger partial charge in [-0.3, -0.25) is 4.79 Å². The second-order valence-corrected chi connectivity index (χ2v) is 6.42. The molecule has 0 aliphatic carbocycles. The minimum atomic E-state index is -0.218. The molecule has 0 bridgehead atoms. The number of nitrogens with two attached hydrogens (primary N) is 1. The molecule has 6 nitrogen and oxygen atoms in total. The summed E-state index contributed by atoms with van der Waals surface area (Å²) in [6.45, 7) is 4.25. The Labute approximate surface area is 148 Å². The van der Waals surface area contributed by atoms with Crippen molar-refractivity contribution in [2.24, 2.45) is 5.73 Å². The Bertz CT molecular complexity index is 698. The van der Waals surface area contributed by atoms with Crippen molar-refractivity contribution in [2.75, 3.05) is 44.7 Å². The highest BCUT2D eigenvalue weighted by atomic mass is 16.1. The maximum absolute atomic E-state index is 12.4. The van der Waals surface area contributed by atoms with Gasteiger partial charge in [-0.2, -0.15) is 0 Å². The van der Waals surface area contributed by atoms with Gasteiger partial charge >= 0.3 is 0 Å². The van der Waals surface area contributed by atoms with Crippen LogP contribution >= 0.6 is 0 Å². The molecule has 1 aromatic carbocycles. The summed E-state index contributed by atoms with van der Waals surface area (Å²) in [6, 6.07) is 13.2. The first-order valence-electron chi connectivity index (χ1n) is 8.62. The van der Waals surface area contributed by atoms with E-state index in [2.05, 4.69) is 27.1 Å². The lowest BCUT2D eigenvalue weighted by molar-refractivity contribution is 0.0951. The predicted octanol–water partition coefficient (Wildman–Crippen LogP) is 1.26. The average Bonchev–Trinajstić information content (AvgIpc) is 2.67. The van der Waals surface area contributed by atoms with Crippen molar-refractivity contribution < 1.29 is 4.79 Å². The highest BCUT2D eigenvalue weighted by Crippen LogP contribution is 2.15. The zero-order chi connectivity index (χ0) is 17.6. The molecule has 1 fully saturated rings. The van der Waals surface area contributed by atoms with E-state index >= 15 is 0 Å². The Hall–Kier alpha value is -2.44. The van der Waals surface area contributed by atoms with E-state index in [9.17, 15) is 4.79 Å². The van der Waals surface area contributed by atoms with Gasteiger partial charge in [-0.25, -0.2) is 4.98 Å². The number of anilines is 1. The third kappa shape index (κ3) is 4.55. The van der Waals surface area contributed by atoms with Gasteiger partial charge in [-0.15, -0.1) is 0 Å². The van der Waals surface area contributed by atoms with Crippen LogP contribution in [0.5, 0.6) is 0 Å². The molecule has 6 heteroatoms. The maximum Gasteiger partial charge on any atom is 0.251 e. The van der Waals surface area contributed by atoms with Crippen LogP contribution in [0.3, 0.4) is 0 Å². The van der Waals surface area contributed by atoms with Gasteiger partial charge in [0.2, 0.25) is 0 Å². The van der Waals surface area contributed by atoms with E-state index in [1.165, 1.54) is 0 Å². The van der Waals surface area contributed by atoms with Gasteiger partial charge in [0.15, 0.2) is 0 Å². The molecule has 1 aliphatic rings. The van der Waals surface area contributed by atoms with Gasteiger partial charge in [0, 0.05) is 50.5 Å². The molecule has 3 N–H and O–H groups in total. The molecule has 2 aromatic rings. The van der Waals surface area contributed by atoms with Gasteiger partial charge < -0.3 is 20.9 Å². The fourth-order valence-electron chi connectivity index (χ4n) is 2.89. The number of pyridine rings is 1. The smallest absolute Gasteiger partial charge is 0.251 e. The number of carbonyl (C=O) groups excluding carboxylic acids is 1. The Morgan fingerprint density at radius 2 is 1.92 bits per heavy atom. The van der Waals surface area contributed by atoms with Gasteiger partial charge in [-0.05, 0) is 24.7 Å². The van der Waals surface area contributed by atoms with E-state index in [0.29, 0.717) is 12.1 Å². The van der Waals surface area contributed by atoms with Crippen molar-refractivity contribution >= 4 is 11.7 Å². The second-order valence-electron chi connectivity index (χ2n) is 6.42. The van der Waals surface area contributed by atoms with Crippen molar-refractivity contribution in [2.45, 2.75) is 6.04 Å². The summed E-state index contributed by atoms with van der Waals surface area (Å²) in [7, 11) is 2.12. The molecule has 1 saturated heterocycles. The number of aromatic nitrogens is 1. The summed E-state index contributed by atoms with van der Waals surface area (Å²) in [5.41, 5.74) is 7.77. The third-order valence-electron chi connectivity index (χ3n) is 4.55. The first-order chi connectivity index (χ1) is 12.1. The number of hydrogen-bond acceptors (Lipinski definition) is 5. The van der Waals surface area contributed by atoms with Crippen LogP contribution in [0.25, 0.3) is 0 Å². The fourth-order valence-corrected chi connectivity index (χ4v) is 2.89. The van der Waals surface area contributed by atoms with E-state index in [0.717, 1.165) is 37.6 Å². The van der Waals surface area contributed by atoms with E-state index < -0.39 is 0 Å². The summed E-state index contributed by atoms with van der Waals surface area (Å²) in [6.07, 6.45) is 1.69. The van der Waals surface area contributed by atoms with Crippen LogP contribution in [0.15, 0.2) is 48.7 Å². The van der Waals surface area contributed by atoms with E-state index in [1.54, 1.807) is 12.3 Å². The van der Waals surface area contributed by atoms with Gasteiger partial charge in [-0.1, -0.05) is 30.3 Å². The molecule has 0 saturated carbocycles. The molecular formula is C19H25N5O. The molecule has 0 radical (unpaired) electrons. The quantitative estimate of drug-likeness (QED) is 0.858. The van der Waals surface area contributed by atoms with Crippen LogP contribution in [0, 0.1) is 0 Å². The second kappa shape index (κ2) is 8.09. The number of piperazine rings is 1. The van der Waals surface area contributed by atoms with Crippen LogP contribution in [-0.2, 0) is 0 Å². The Morgan fingerprint density at radius 1 is 1.20 bits per heavy atom. The molecule has 1 amide bonds. The van der Waals surface area contributed by atoms with Crippen molar-refractivity contribution in [3.05, 3.63) is 59.8 Å². The minimum Gasteiger partial charge on any atom is -0.354 e. The summed E-state index contributed by atoms with van der Waals surface area (Å²) in [4.78, 5) is 21.4. The van der Waals surface area contributed by atoms with Gasteiger partial charge in [0.1, 0.15) is 5.82 Å². The highest BCUT2D eigenvalue weighted by molar-refractivity contribution is 5.94. The molecule has 2 heterocycles. The predicted molar refractivity (Wildman–Crippen MR) is 99.7 cm³/mol. The molecular weight excluding hydrogens is 314 g/mol. The van der Waals surface area contributed by atoms with E-state index in [4.69, 9.17) is 5.73 Å². The summed E-state index contributed by atoms with van der Waals surface area (Å²) in [5.74, 6) is 0.734. The number of rotatable bonds is 5. The van der Waals surface area contributed by atoms with Crippen LogP contribution in [0.1, 0.15) is 22.0 Å². The van der Waals surface area contributed by atoms with E-state index in [1.807, 2.05) is 36.4 Å². The summed E-state index contributed by atoms with van der Waals surface area (Å²) in [5, 5.41) is 2.92. The first-order valence-corrected chi connectivity index (χ1v) is 8.62. The van der Waals surface area contributed by atoms with Crippen LogP contribution < -0.4 is 16.0 Å². The minimum absolute atomic E-state index is 0.121. The van der Waals surface area contributed by atoms with Crippen LogP contribution in [0.2, 0.25) is 0 Å². The van der Waals surface area contributed by atoms with Gasteiger partial charge in [0.05, 0.1) is 0 Å². The third-order valence-corrected chi connectivity index (χ3v) is 4.55. The van der Waals surface area contributed by atoms with Crippen molar-refractivity contribution in [1.29, 1.82) is 0 Å². The molecule has 132 valence electrons. The fraction of sp³-hybridized carbons (Fsp3) is 0.368. The molecule has 0 spiro atoms. The first kappa shape index (κ1) is 17.4. The maximum atomic E-state index is 12.4. The lowest BCUT2D eigenvalue weighted by atomic mass is 10.1. The molecule has 1 unspecified atom stereocenters. The van der Waals surface area contributed by atoms with E-state index in [-0.39, 0.29) is 11.9 Å². The Kier molecular flexibility index (Phi) is 5.63. The number of carbonyl (C=O) groups is 1. The SMILES string of the molecule is CN1CCN(c2cc(C(=O)NCC(N)c3ccccc3)ccn2)CC1. The number of nitrogens with zero attached hydrogens (tertiary/aromatic N) is 3. The summed E-state index contributed by atoms with van der Waals surface area (Å²) >= 11 is 0. The normalized spacial score (nSPS) is 16.5. The Morgan fingerprint density at radius 3 is 2.64 bits per heavy atom. The molecule has 3 rings (SSSR count).